The molecule has 2 aromatic carbocycles. The number of carbonyl (C=O) groups excluding carboxylic acids is 1. The quantitative estimate of drug-likeness (QED) is 0.237. The maximum absolute atomic E-state index is 12.1. The number of amides is 1. The van der Waals surface area contributed by atoms with Gasteiger partial charge in [0.25, 0.3) is 5.69 Å². The van der Waals surface area contributed by atoms with E-state index in [4.69, 9.17) is 9.47 Å². The summed E-state index contributed by atoms with van der Waals surface area (Å²) in [4.78, 5) is 22.6. The van der Waals surface area contributed by atoms with Crippen LogP contribution in [0.15, 0.2) is 41.5 Å². The minimum atomic E-state index is -0.511. The summed E-state index contributed by atoms with van der Waals surface area (Å²) in [5.74, 6) is 0.791. The zero-order chi connectivity index (χ0) is 21.4. The van der Waals surface area contributed by atoms with Gasteiger partial charge in [-0.15, -0.1) is 0 Å². The van der Waals surface area contributed by atoms with E-state index in [2.05, 4.69) is 33.1 Å². The molecule has 0 saturated heterocycles. The molecule has 2 aromatic rings. The highest BCUT2D eigenvalue weighted by Crippen LogP contribution is 2.34. The van der Waals surface area contributed by atoms with Crippen LogP contribution in [0.2, 0.25) is 0 Å². The summed E-state index contributed by atoms with van der Waals surface area (Å²) < 4.78 is 12.2. The van der Waals surface area contributed by atoms with E-state index in [1.807, 2.05) is 19.9 Å². The molecule has 1 amide bonds. The molecule has 9 heteroatoms. The van der Waals surface area contributed by atoms with Gasteiger partial charge in [-0.25, -0.2) is 5.43 Å². The van der Waals surface area contributed by atoms with E-state index in [9.17, 15) is 14.9 Å². The van der Waals surface area contributed by atoms with E-state index >= 15 is 0 Å². The van der Waals surface area contributed by atoms with E-state index in [1.54, 1.807) is 31.4 Å². The monoisotopic (exact) mass is 511 g/mol. The lowest BCUT2D eigenvalue weighted by molar-refractivity contribution is -0.385. The molecule has 0 saturated carbocycles. The molecular weight excluding hydrogens is 489 g/mol. The van der Waals surface area contributed by atoms with Gasteiger partial charge < -0.3 is 9.47 Å². The first kappa shape index (κ1) is 22.6. The Bertz CT molecular complexity index is 917. The van der Waals surface area contributed by atoms with E-state index in [1.165, 1.54) is 12.3 Å². The lowest BCUT2D eigenvalue weighted by Gasteiger charge is -2.17. The van der Waals surface area contributed by atoms with Crippen molar-refractivity contribution in [2.24, 2.45) is 5.10 Å². The summed E-state index contributed by atoms with van der Waals surface area (Å²) in [7, 11) is 1.56. The van der Waals surface area contributed by atoms with Crippen molar-refractivity contribution in [1.29, 1.82) is 0 Å². The third kappa shape index (κ3) is 6.41. The number of methoxy groups -OCH3 is 1. The zero-order valence-corrected chi connectivity index (χ0v) is 18.5. The molecule has 0 aliphatic carbocycles. The molecule has 0 fully saturated rings. The van der Waals surface area contributed by atoms with Gasteiger partial charge in [0.05, 0.1) is 34.3 Å². The van der Waals surface area contributed by atoms with Crippen LogP contribution in [0.25, 0.3) is 0 Å². The zero-order valence-electron chi connectivity index (χ0n) is 16.3. The third-order valence-electron chi connectivity index (χ3n) is 4.09. The Labute approximate surface area is 182 Å². The number of nitrogens with zero attached hydrogens (tertiary/aromatic N) is 2. The highest BCUT2D eigenvalue weighted by molar-refractivity contribution is 14.1. The second-order valence-electron chi connectivity index (χ2n) is 6.23. The smallest absolute Gasteiger partial charge is 0.273 e. The summed E-state index contributed by atoms with van der Waals surface area (Å²) in [5.41, 5.74) is 3.34. The van der Waals surface area contributed by atoms with Crippen LogP contribution < -0.4 is 14.9 Å². The number of nitro benzene ring substituents is 1. The average molecular weight is 511 g/mol. The standard InChI is InChI=1S/C20H22IN3O5/c1-4-13(2)29-20-16(21)9-14(10-18(20)28-3)12-22-23-19(25)11-15-7-5-6-8-17(15)24(26)27/h5-10,12-13H,4,11H2,1-3H3,(H,23,25)/b22-12+/t13-/m1/s1. The molecule has 0 spiro atoms. The number of carbonyl (C=O) groups is 1. The number of nitro groups is 1. The Balaban J connectivity index is 2.07. The van der Waals surface area contributed by atoms with Crippen molar-refractivity contribution in [2.45, 2.75) is 32.8 Å². The van der Waals surface area contributed by atoms with Crippen molar-refractivity contribution in [3.05, 3.63) is 61.2 Å². The maximum Gasteiger partial charge on any atom is 0.273 e. The minimum absolute atomic E-state index is 0.0539. The number of hydrazone groups is 1. The first-order valence-electron chi connectivity index (χ1n) is 8.94. The van der Waals surface area contributed by atoms with Crippen LogP contribution in [0, 0.1) is 13.7 Å². The van der Waals surface area contributed by atoms with Gasteiger partial charge in [-0.3, -0.25) is 14.9 Å². The van der Waals surface area contributed by atoms with Gasteiger partial charge in [-0.05, 0) is 53.6 Å². The molecule has 154 valence electrons. The Hall–Kier alpha value is -2.69. The SMILES string of the molecule is CC[C@@H](C)Oc1c(I)cc(/C=N/NC(=O)Cc2ccccc2[N+](=O)[O-])cc1OC. The fourth-order valence-electron chi connectivity index (χ4n) is 2.44. The third-order valence-corrected chi connectivity index (χ3v) is 4.89. The second-order valence-corrected chi connectivity index (χ2v) is 7.39. The molecule has 0 aromatic heterocycles. The van der Waals surface area contributed by atoms with E-state index < -0.39 is 10.8 Å². The predicted octanol–water partition coefficient (Wildman–Crippen LogP) is 4.08. The van der Waals surface area contributed by atoms with Gasteiger partial charge >= 0.3 is 0 Å². The summed E-state index contributed by atoms with van der Waals surface area (Å²) in [6.07, 6.45) is 2.26. The Morgan fingerprint density at radius 2 is 2.10 bits per heavy atom. The first-order valence-corrected chi connectivity index (χ1v) is 10.0. The summed E-state index contributed by atoms with van der Waals surface area (Å²) in [6.45, 7) is 4.02. The van der Waals surface area contributed by atoms with Crippen LogP contribution in [0.1, 0.15) is 31.4 Å². The fourth-order valence-corrected chi connectivity index (χ4v) is 3.20. The minimum Gasteiger partial charge on any atom is -0.493 e. The van der Waals surface area contributed by atoms with Crippen molar-refractivity contribution in [1.82, 2.24) is 5.43 Å². The van der Waals surface area contributed by atoms with Gasteiger partial charge in [0, 0.05) is 11.6 Å². The lowest BCUT2D eigenvalue weighted by Crippen LogP contribution is -2.20. The summed E-state index contributed by atoms with van der Waals surface area (Å²) >= 11 is 2.16. The maximum atomic E-state index is 12.1. The number of nitrogens with one attached hydrogen (secondary N) is 1. The topological polar surface area (TPSA) is 103 Å². The predicted molar refractivity (Wildman–Crippen MR) is 119 cm³/mol. The molecule has 0 aliphatic rings. The van der Waals surface area contributed by atoms with Crippen LogP contribution in [-0.4, -0.2) is 30.3 Å². The number of rotatable bonds is 9. The van der Waals surface area contributed by atoms with E-state index in [0.717, 1.165) is 9.99 Å². The van der Waals surface area contributed by atoms with Crippen LogP contribution in [0.5, 0.6) is 11.5 Å². The van der Waals surface area contributed by atoms with Gasteiger partial charge in [0.15, 0.2) is 11.5 Å². The van der Waals surface area contributed by atoms with E-state index in [-0.39, 0.29) is 18.2 Å². The molecule has 0 radical (unpaired) electrons. The van der Waals surface area contributed by atoms with Crippen molar-refractivity contribution < 1.29 is 19.2 Å². The van der Waals surface area contributed by atoms with Gasteiger partial charge in [-0.1, -0.05) is 25.1 Å². The Kier molecular flexibility index (Phi) is 8.37. The molecule has 1 N–H and O–H groups in total. The first-order chi connectivity index (χ1) is 13.8. The molecule has 1 atom stereocenters. The normalized spacial score (nSPS) is 11.9. The number of ether oxygens (including phenoxy) is 2. The number of benzene rings is 2. The lowest BCUT2D eigenvalue weighted by atomic mass is 10.1. The number of hydrogen-bond acceptors (Lipinski definition) is 6. The highest BCUT2D eigenvalue weighted by Gasteiger charge is 2.16. The van der Waals surface area contributed by atoms with Crippen molar-refractivity contribution >= 4 is 40.4 Å². The molecule has 0 heterocycles. The van der Waals surface area contributed by atoms with E-state index in [0.29, 0.717) is 22.6 Å². The van der Waals surface area contributed by atoms with Crippen molar-refractivity contribution in [3.8, 4) is 11.5 Å². The fraction of sp³-hybridized carbons (Fsp3) is 0.300. The Morgan fingerprint density at radius 1 is 1.38 bits per heavy atom. The molecular formula is C20H22IN3O5. The van der Waals surface area contributed by atoms with Crippen molar-refractivity contribution in [3.63, 3.8) is 0 Å². The summed E-state index contributed by atoms with van der Waals surface area (Å²) in [5, 5.41) is 15.0. The van der Waals surface area contributed by atoms with Crippen molar-refractivity contribution in [2.75, 3.05) is 7.11 Å². The molecule has 2 rings (SSSR count). The Morgan fingerprint density at radius 3 is 2.76 bits per heavy atom. The van der Waals surface area contributed by atoms with Gasteiger partial charge in [0.2, 0.25) is 5.91 Å². The molecule has 0 bridgehead atoms. The average Bonchev–Trinajstić information content (AvgIpc) is 2.69. The summed E-state index contributed by atoms with van der Waals surface area (Å²) in [6, 6.07) is 9.74. The van der Waals surface area contributed by atoms with Gasteiger partial charge in [-0.2, -0.15) is 5.10 Å². The highest BCUT2D eigenvalue weighted by atomic mass is 127. The molecule has 29 heavy (non-hydrogen) atoms. The number of halogens is 1. The molecule has 8 nitrogen and oxygen atoms in total. The number of para-hydroxylation sites is 1. The second kappa shape index (κ2) is 10.7. The molecule has 0 unspecified atom stereocenters. The number of hydrogen-bond donors (Lipinski definition) is 1. The van der Waals surface area contributed by atoms with Crippen LogP contribution in [0.4, 0.5) is 5.69 Å². The van der Waals surface area contributed by atoms with Crippen LogP contribution >= 0.6 is 22.6 Å². The van der Waals surface area contributed by atoms with Gasteiger partial charge in [0.1, 0.15) is 0 Å². The van der Waals surface area contributed by atoms with Crippen LogP contribution in [0.3, 0.4) is 0 Å². The largest absolute Gasteiger partial charge is 0.493 e. The molecule has 0 aliphatic heterocycles. The van der Waals surface area contributed by atoms with Crippen LogP contribution in [-0.2, 0) is 11.2 Å².